The minimum atomic E-state index is -0.101. The van der Waals surface area contributed by atoms with Crippen LogP contribution in [0, 0.1) is 0 Å². The number of hydrogen-bond donors (Lipinski definition) is 1. The highest BCUT2D eigenvalue weighted by Gasteiger charge is 2.20. The fourth-order valence-electron chi connectivity index (χ4n) is 2.07. The Morgan fingerprint density at radius 3 is 2.88 bits per heavy atom. The van der Waals surface area contributed by atoms with Crippen molar-refractivity contribution < 1.29 is 4.74 Å². The Morgan fingerprint density at radius 1 is 1.56 bits per heavy atom. The molecule has 16 heavy (non-hydrogen) atoms. The summed E-state index contributed by atoms with van der Waals surface area (Å²) in [5, 5.41) is 4.34. The molecule has 88 valence electrons. The monoisotopic (exact) mass is 223 g/mol. The van der Waals surface area contributed by atoms with Crippen molar-refractivity contribution in [2.75, 3.05) is 13.2 Å². The van der Waals surface area contributed by atoms with Gasteiger partial charge >= 0.3 is 0 Å². The number of hydrogen-bond acceptors (Lipinski definition) is 4. The number of rotatable bonds is 2. The van der Waals surface area contributed by atoms with Crippen molar-refractivity contribution in [3.63, 3.8) is 0 Å². The third kappa shape index (κ3) is 2.15. The van der Waals surface area contributed by atoms with E-state index in [1.165, 1.54) is 4.68 Å². The van der Waals surface area contributed by atoms with Crippen molar-refractivity contribution in [3.05, 3.63) is 27.7 Å². The summed E-state index contributed by atoms with van der Waals surface area (Å²) in [5.74, 6) is 0.374. The number of ether oxygens (including phenoxy) is 1. The van der Waals surface area contributed by atoms with E-state index in [1.54, 1.807) is 13.1 Å². The summed E-state index contributed by atoms with van der Waals surface area (Å²) in [7, 11) is 1.67. The summed E-state index contributed by atoms with van der Waals surface area (Å²) in [5.41, 5.74) is 7.39. The predicted molar refractivity (Wildman–Crippen MR) is 60.2 cm³/mol. The van der Waals surface area contributed by atoms with E-state index < -0.39 is 0 Å². The molecule has 1 aliphatic rings. The Hall–Kier alpha value is -1.20. The number of nitrogens with zero attached hydrogens (tertiary/aromatic N) is 2. The molecule has 0 bridgehead atoms. The highest BCUT2D eigenvalue weighted by Crippen LogP contribution is 2.26. The molecule has 0 saturated carbocycles. The van der Waals surface area contributed by atoms with Gasteiger partial charge in [0.05, 0.1) is 5.69 Å². The molecule has 0 radical (unpaired) electrons. The number of nitrogens with two attached hydrogens (primary N) is 1. The highest BCUT2D eigenvalue weighted by molar-refractivity contribution is 5.21. The summed E-state index contributed by atoms with van der Waals surface area (Å²) >= 11 is 0. The molecule has 2 heterocycles. The van der Waals surface area contributed by atoms with Gasteiger partial charge in [-0.1, -0.05) is 0 Å². The van der Waals surface area contributed by atoms with Crippen LogP contribution < -0.4 is 11.3 Å². The molecule has 1 saturated heterocycles. The molecule has 0 atom stereocenters. The summed E-state index contributed by atoms with van der Waals surface area (Å²) in [6.07, 6.45) is 1.91. The second-order valence-corrected chi connectivity index (χ2v) is 4.11. The molecule has 1 aromatic heterocycles. The largest absolute Gasteiger partial charge is 0.381 e. The van der Waals surface area contributed by atoms with Gasteiger partial charge in [0.1, 0.15) is 0 Å². The van der Waals surface area contributed by atoms with Crippen LogP contribution in [-0.4, -0.2) is 23.0 Å². The zero-order valence-electron chi connectivity index (χ0n) is 9.48. The van der Waals surface area contributed by atoms with E-state index in [2.05, 4.69) is 5.10 Å². The van der Waals surface area contributed by atoms with E-state index in [0.29, 0.717) is 12.5 Å². The third-order valence-corrected chi connectivity index (χ3v) is 3.03. The lowest BCUT2D eigenvalue weighted by Crippen LogP contribution is -2.26. The van der Waals surface area contributed by atoms with Crippen molar-refractivity contribution in [1.82, 2.24) is 9.78 Å². The molecule has 0 aromatic carbocycles. The zero-order chi connectivity index (χ0) is 11.5. The van der Waals surface area contributed by atoms with Crippen molar-refractivity contribution in [2.45, 2.75) is 25.3 Å². The molecule has 2 N–H and O–H groups in total. The second-order valence-electron chi connectivity index (χ2n) is 4.11. The first-order valence-corrected chi connectivity index (χ1v) is 5.57. The predicted octanol–water partition coefficient (Wildman–Crippen LogP) is 0.133. The average molecular weight is 223 g/mol. The Kier molecular flexibility index (Phi) is 3.36. The average Bonchev–Trinajstić information content (AvgIpc) is 2.33. The van der Waals surface area contributed by atoms with Crippen LogP contribution in [-0.2, 0) is 18.3 Å². The quantitative estimate of drug-likeness (QED) is 0.774. The maximum Gasteiger partial charge on any atom is 0.266 e. The van der Waals surface area contributed by atoms with Crippen LogP contribution in [0.25, 0.3) is 0 Å². The van der Waals surface area contributed by atoms with Crippen molar-refractivity contribution >= 4 is 0 Å². The van der Waals surface area contributed by atoms with E-state index in [-0.39, 0.29) is 5.56 Å². The number of aryl methyl sites for hydroxylation is 1. The Bertz CT molecular complexity index is 422. The first-order valence-electron chi connectivity index (χ1n) is 5.57. The standard InChI is InChI=1S/C11H17N3O2/c1-14-10(15)6-9(7-12)11(13-14)8-2-4-16-5-3-8/h6,8H,2-5,7,12H2,1H3. The van der Waals surface area contributed by atoms with Gasteiger partial charge in [0.15, 0.2) is 0 Å². The summed E-state index contributed by atoms with van der Waals surface area (Å²) in [6.45, 7) is 1.90. The Labute approximate surface area is 94.2 Å². The molecule has 0 unspecified atom stereocenters. The van der Waals surface area contributed by atoms with Crippen LogP contribution in [0.2, 0.25) is 0 Å². The summed E-state index contributed by atoms with van der Waals surface area (Å²) in [4.78, 5) is 11.5. The summed E-state index contributed by atoms with van der Waals surface area (Å²) in [6, 6.07) is 1.60. The van der Waals surface area contributed by atoms with E-state index in [1.807, 2.05) is 0 Å². The molecule has 0 spiro atoms. The van der Waals surface area contributed by atoms with Gasteiger partial charge in [-0.2, -0.15) is 5.10 Å². The van der Waals surface area contributed by atoms with Gasteiger partial charge in [-0.25, -0.2) is 4.68 Å². The van der Waals surface area contributed by atoms with Crippen molar-refractivity contribution in [3.8, 4) is 0 Å². The van der Waals surface area contributed by atoms with Gasteiger partial charge in [-0.05, 0) is 18.4 Å². The van der Waals surface area contributed by atoms with Gasteiger partial charge in [-0.15, -0.1) is 0 Å². The molecule has 5 nitrogen and oxygen atoms in total. The molecule has 1 aliphatic heterocycles. The molecule has 5 heteroatoms. The molecule has 1 aromatic rings. The van der Waals surface area contributed by atoms with Crippen LogP contribution in [0.1, 0.15) is 30.0 Å². The van der Waals surface area contributed by atoms with Gasteiger partial charge in [-0.3, -0.25) is 4.79 Å². The van der Waals surface area contributed by atoms with Gasteiger partial charge in [0.25, 0.3) is 5.56 Å². The number of aromatic nitrogens is 2. The van der Waals surface area contributed by atoms with Gasteiger partial charge < -0.3 is 10.5 Å². The Balaban J connectivity index is 2.37. The fourth-order valence-corrected chi connectivity index (χ4v) is 2.07. The van der Waals surface area contributed by atoms with Gasteiger partial charge in [0.2, 0.25) is 0 Å². The molecule has 0 aliphatic carbocycles. The van der Waals surface area contributed by atoms with E-state index >= 15 is 0 Å². The maximum absolute atomic E-state index is 11.5. The first-order chi connectivity index (χ1) is 7.72. The van der Waals surface area contributed by atoms with Crippen molar-refractivity contribution in [1.29, 1.82) is 0 Å². The third-order valence-electron chi connectivity index (χ3n) is 3.03. The minimum absolute atomic E-state index is 0.101. The highest BCUT2D eigenvalue weighted by atomic mass is 16.5. The SMILES string of the molecule is Cn1nc(C2CCOCC2)c(CN)cc1=O. The van der Waals surface area contributed by atoms with E-state index in [0.717, 1.165) is 37.3 Å². The molecular formula is C11H17N3O2. The lowest BCUT2D eigenvalue weighted by Gasteiger charge is -2.23. The second kappa shape index (κ2) is 4.76. The molecule has 0 amide bonds. The lowest BCUT2D eigenvalue weighted by atomic mass is 9.93. The summed E-state index contributed by atoms with van der Waals surface area (Å²) < 4.78 is 6.70. The van der Waals surface area contributed by atoms with Crippen LogP contribution in [0.15, 0.2) is 10.9 Å². The van der Waals surface area contributed by atoms with Crippen LogP contribution in [0.4, 0.5) is 0 Å². The first kappa shape index (κ1) is 11.3. The fraction of sp³-hybridized carbons (Fsp3) is 0.636. The van der Waals surface area contributed by atoms with Gasteiger partial charge in [0, 0.05) is 38.8 Å². The zero-order valence-corrected chi connectivity index (χ0v) is 9.48. The van der Waals surface area contributed by atoms with E-state index in [4.69, 9.17) is 10.5 Å². The molecule has 2 rings (SSSR count). The topological polar surface area (TPSA) is 70.1 Å². The minimum Gasteiger partial charge on any atom is -0.381 e. The molecule has 1 fully saturated rings. The van der Waals surface area contributed by atoms with Crippen molar-refractivity contribution in [2.24, 2.45) is 12.8 Å². The smallest absolute Gasteiger partial charge is 0.266 e. The van der Waals surface area contributed by atoms with Crippen LogP contribution in [0.5, 0.6) is 0 Å². The van der Waals surface area contributed by atoms with E-state index in [9.17, 15) is 4.79 Å². The van der Waals surface area contributed by atoms with Crippen LogP contribution >= 0.6 is 0 Å². The molecular weight excluding hydrogens is 206 g/mol. The normalized spacial score (nSPS) is 17.6. The Morgan fingerprint density at radius 2 is 2.25 bits per heavy atom. The lowest BCUT2D eigenvalue weighted by molar-refractivity contribution is 0.0839. The van der Waals surface area contributed by atoms with Crippen LogP contribution in [0.3, 0.4) is 0 Å². The maximum atomic E-state index is 11.5.